The number of hydrogen-bond donors (Lipinski definition) is 1. The van der Waals surface area contributed by atoms with Gasteiger partial charge in [-0.1, -0.05) is 13.8 Å². The van der Waals surface area contributed by atoms with Crippen LogP contribution in [0.4, 0.5) is 0 Å². The first-order valence-electron chi connectivity index (χ1n) is 13.7. The first-order chi connectivity index (χ1) is 17.2. The number of likely N-dealkylation sites (tertiary alicyclic amines) is 1. The van der Waals surface area contributed by atoms with Gasteiger partial charge in [-0.2, -0.15) is 0 Å². The molecule has 0 aromatic heterocycles. The molecule has 0 aromatic carbocycles. The lowest BCUT2D eigenvalue weighted by atomic mass is 9.41. The van der Waals surface area contributed by atoms with Crippen molar-refractivity contribution < 1.29 is 38.3 Å². The van der Waals surface area contributed by atoms with E-state index in [1.54, 1.807) is 21.3 Å². The number of piperidine rings is 1. The monoisotopic (exact) mass is 507 g/mol. The maximum absolute atomic E-state index is 13.4. The minimum atomic E-state index is -1.34. The van der Waals surface area contributed by atoms with E-state index in [0.29, 0.717) is 13.0 Å². The number of rotatable bonds is 5. The Balaban J connectivity index is 1.61. The van der Waals surface area contributed by atoms with Gasteiger partial charge in [0, 0.05) is 58.5 Å². The Morgan fingerprint density at radius 1 is 1.17 bits per heavy atom. The molecule has 7 fully saturated rings. The summed E-state index contributed by atoms with van der Waals surface area (Å²) in [7, 11) is 5.31. The van der Waals surface area contributed by atoms with Crippen molar-refractivity contribution in [2.24, 2.45) is 28.6 Å². The standard InChI is InChI=1S/C27H41NO8/c1-7-28-12-23(3)9-8-18(32-5)25-16-10-15-17(31-4)11-24(19(16)20(15)33-6)26(21(25)28,35-13-34-24)22(27(23,25)30)36-14(2)29/h15-22,30H,7-13H2,1-6H3. The molecule has 1 N–H and O–H groups in total. The Labute approximate surface area is 213 Å². The number of hydrogen-bond acceptors (Lipinski definition) is 9. The highest BCUT2D eigenvalue weighted by atomic mass is 16.7. The molecule has 0 radical (unpaired) electrons. The predicted octanol–water partition coefficient (Wildman–Crippen LogP) is 1.35. The van der Waals surface area contributed by atoms with Crippen LogP contribution in [0.1, 0.15) is 46.5 Å². The van der Waals surface area contributed by atoms with Crippen LogP contribution in [0.5, 0.6) is 0 Å². The van der Waals surface area contributed by atoms with Crippen LogP contribution < -0.4 is 0 Å². The normalized spacial score (nSPS) is 60.2. The largest absolute Gasteiger partial charge is 0.456 e. The van der Waals surface area contributed by atoms with Gasteiger partial charge in [0.05, 0.1) is 29.8 Å². The van der Waals surface area contributed by atoms with Gasteiger partial charge in [-0.3, -0.25) is 9.69 Å². The van der Waals surface area contributed by atoms with Crippen LogP contribution in [-0.2, 0) is 33.2 Å². The number of aliphatic hydroxyl groups is 1. The van der Waals surface area contributed by atoms with Crippen molar-refractivity contribution in [1.82, 2.24) is 4.90 Å². The molecule has 7 rings (SSSR count). The third kappa shape index (κ3) is 2.09. The van der Waals surface area contributed by atoms with Gasteiger partial charge in [0.1, 0.15) is 18.0 Å². The number of fused-ring (bicyclic) bond motifs is 1. The van der Waals surface area contributed by atoms with Crippen molar-refractivity contribution >= 4 is 5.97 Å². The lowest BCUT2D eigenvalue weighted by Gasteiger charge is -2.71. The summed E-state index contributed by atoms with van der Waals surface area (Å²) in [5.74, 6) is -0.210. The van der Waals surface area contributed by atoms with Gasteiger partial charge in [-0.05, 0) is 31.7 Å². The summed E-state index contributed by atoms with van der Waals surface area (Å²) in [5, 5.41) is 13.4. The van der Waals surface area contributed by atoms with Crippen LogP contribution in [0.15, 0.2) is 0 Å². The van der Waals surface area contributed by atoms with Crippen molar-refractivity contribution in [3.05, 3.63) is 0 Å². The lowest BCUT2D eigenvalue weighted by molar-refractivity contribution is -0.324. The van der Waals surface area contributed by atoms with E-state index in [0.717, 1.165) is 25.8 Å². The molecule has 9 heteroatoms. The van der Waals surface area contributed by atoms with Crippen molar-refractivity contribution in [1.29, 1.82) is 0 Å². The highest BCUT2D eigenvalue weighted by molar-refractivity contribution is 5.67. The molecule has 2 saturated heterocycles. The minimum absolute atomic E-state index is 0.0264. The second kappa shape index (κ2) is 7.23. The number of esters is 1. The molecule has 9 nitrogen and oxygen atoms in total. The van der Waals surface area contributed by atoms with E-state index in [4.69, 9.17) is 28.4 Å². The molecule has 36 heavy (non-hydrogen) atoms. The summed E-state index contributed by atoms with van der Waals surface area (Å²) in [6, 6.07) is -0.224. The first kappa shape index (κ1) is 24.2. The number of ether oxygens (including phenoxy) is 6. The van der Waals surface area contributed by atoms with E-state index in [9.17, 15) is 9.90 Å². The topological polar surface area (TPSA) is 95.9 Å². The zero-order chi connectivity index (χ0) is 25.5. The minimum Gasteiger partial charge on any atom is -0.456 e. The number of carbonyl (C=O) groups is 1. The van der Waals surface area contributed by atoms with Crippen LogP contribution in [-0.4, -0.2) is 104 Å². The quantitative estimate of drug-likeness (QED) is 0.553. The van der Waals surface area contributed by atoms with Crippen LogP contribution in [0.25, 0.3) is 0 Å². The van der Waals surface area contributed by atoms with Crippen LogP contribution in [0, 0.1) is 28.6 Å². The molecule has 7 aliphatic rings. The van der Waals surface area contributed by atoms with Crippen LogP contribution in [0.2, 0.25) is 0 Å². The molecule has 5 aliphatic carbocycles. The SMILES string of the molecule is CCN1CC2(C)CCC(OC)C34C5CC6C(OC)CC7(OCOC7(C13)C(OC(C)=O)C24O)C5C6OC. The molecule has 202 valence electrons. The highest BCUT2D eigenvalue weighted by Crippen LogP contribution is 2.83. The summed E-state index contributed by atoms with van der Waals surface area (Å²) < 4.78 is 38.7. The van der Waals surface area contributed by atoms with Gasteiger partial charge in [0.25, 0.3) is 0 Å². The molecular weight excluding hydrogens is 466 g/mol. The Bertz CT molecular complexity index is 979. The summed E-state index contributed by atoms with van der Waals surface area (Å²) in [6.45, 7) is 7.39. The molecule has 5 saturated carbocycles. The van der Waals surface area contributed by atoms with Gasteiger partial charge in [0.2, 0.25) is 0 Å². The zero-order valence-corrected chi connectivity index (χ0v) is 22.3. The van der Waals surface area contributed by atoms with E-state index in [1.807, 2.05) is 0 Å². The highest BCUT2D eigenvalue weighted by Gasteiger charge is 2.98. The number of nitrogens with zero attached hydrogens (tertiary/aromatic N) is 1. The molecule has 13 atom stereocenters. The second-order valence-electron chi connectivity index (χ2n) is 12.8. The molecular formula is C27H41NO8. The van der Waals surface area contributed by atoms with Crippen LogP contribution >= 0.6 is 0 Å². The number of carbonyl (C=O) groups excluding carboxylic acids is 1. The van der Waals surface area contributed by atoms with Crippen LogP contribution in [0.3, 0.4) is 0 Å². The number of likely N-dealkylation sites (N-methyl/N-ethyl adjacent to an activating group) is 1. The fourth-order valence-corrected chi connectivity index (χ4v) is 11.7. The molecule has 2 aliphatic heterocycles. The summed E-state index contributed by atoms with van der Waals surface area (Å²) >= 11 is 0. The Kier molecular flexibility index (Phi) is 4.87. The number of methoxy groups -OCH3 is 3. The zero-order valence-electron chi connectivity index (χ0n) is 22.3. The third-order valence-electron chi connectivity index (χ3n) is 12.3. The van der Waals surface area contributed by atoms with E-state index >= 15 is 0 Å². The smallest absolute Gasteiger partial charge is 0.303 e. The van der Waals surface area contributed by atoms with Crippen molar-refractivity contribution in [2.75, 3.05) is 41.2 Å². The van der Waals surface area contributed by atoms with Crippen molar-refractivity contribution in [3.8, 4) is 0 Å². The van der Waals surface area contributed by atoms with E-state index in [2.05, 4.69) is 18.7 Å². The summed E-state index contributed by atoms with van der Waals surface area (Å²) in [4.78, 5) is 15.3. The van der Waals surface area contributed by atoms with Gasteiger partial charge < -0.3 is 33.5 Å². The molecule has 2 heterocycles. The average molecular weight is 508 g/mol. The fraction of sp³-hybridized carbons (Fsp3) is 0.963. The van der Waals surface area contributed by atoms with E-state index < -0.39 is 39.7 Å². The fourth-order valence-electron chi connectivity index (χ4n) is 11.7. The van der Waals surface area contributed by atoms with Gasteiger partial charge in [-0.25, -0.2) is 0 Å². The second-order valence-corrected chi connectivity index (χ2v) is 12.8. The molecule has 0 amide bonds. The summed E-state index contributed by atoms with van der Waals surface area (Å²) in [5.41, 5.74) is -4.44. The summed E-state index contributed by atoms with van der Waals surface area (Å²) in [6.07, 6.45) is 1.83. The Hall–Kier alpha value is -0.810. The Morgan fingerprint density at radius 3 is 2.58 bits per heavy atom. The lowest BCUT2D eigenvalue weighted by Crippen LogP contribution is -2.83. The predicted molar refractivity (Wildman–Crippen MR) is 126 cm³/mol. The van der Waals surface area contributed by atoms with E-state index in [-0.39, 0.29) is 48.9 Å². The Morgan fingerprint density at radius 2 is 1.94 bits per heavy atom. The van der Waals surface area contributed by atoms with Gasteiger partial charge in [-0.15, -0.1) is 0 Å². The van der Waals surface area contributed by atoms with Gasteiger partial charge >= 0.3 is 5.97 Å². The van der Waals surface area contributed by atoms with Crippen molar-refractivity contribution in [2.45, 2.75) is 93.7 Å². The average Bonchev–Trinajstić information content (AvgIpc) is 3.42. The van der Waals surface area contributed by atoms with Crippen molar-refractivity contribution in [3.63, 3.8) is 0 Å². The maximum Gasteiger partial charge on any atom is 0.303 e. The van der Waals surface area contributed by atoms with E-state index in [1.165, 1.54) is 6.92 Å². The maximum atomic E-state index is 13.4. The molecule has 0 aromatic rings. The molecule has 3 spiro atoms. The molecule has 13 unspecified atom stereocenters. The third-order valence-corrected chi connectivity index (χ3v) is 12.3. The van der Waals surface area contributed by atoms with Gasteiger partial charge in [0.15, 0.2) is 11.7 Å². The first-order valence-corrected chi connectivity index (χ1v) is 13.7. The molecule has 7 bridgehead atoms.